The molecule has 4 heteroatoms. The van der Waals surface area contributed by atoms with Gasteiger partial charge in [-0.2, -0.15) is 0 Å². The molecule has 3 nitrogen and oxygen atoms in total. The number of para-hydroxylation sites is 3. The molecule has 216 valence electrons. The van der Waals surface area contributed by atoms with Crippen LogP contribution < -0.4 is 5.32 Å². The number of benzene rings is 5. The van der Waals surface area contributed by atoms with Crippen LogP contribution in [0.15, 0.2) is 133 Å². The monoisotopic (exact) mass is 597 g/mol. The molecule has 0 saturated heterocycles. The van der Waals surface area contributed by atoms with Crippen molar-refractivity contribution in [1.82, 2.24) is 14.5 Å². The third-order valence-electron chi connectivity index (χ3n) is 9.99. The van der Waals surface area contributed by atoms with Gasteiger partial charge in [-0.3, -0.25) is 5.32 Å². The van der Waals surface area contributed by atoms with Gasteiger partial charge in [0.05, 0.1) is 11.0 Å². The van der Waals surface area contributed by atoms with Gasteiger partial charge in [-0.25, -0.2) is 0 Å². The van der Waals surface area contributed by atoms with Gasteiger partial charge in [0.1, 0.15) is 6.17 Å². The summed E-state index contributed by atoms with van der Waals surface area (Å²) in [5, 5.41) is 9.49. The van der Waals surface area contributed by atoms with E-state index in [-0.39, 0.29) is 12.2 Å². The molecule has 1 aliphatic heterocycles. The van der Waals surface area contributed by atoms with Gasteiger partial charge in [-0.15, -0.1) is 11.3 Å². The summed E-state index contributed by atoms with van der Waals surface area (Å²) in [6, 6.07) is 45.0. The quantitative estimate of drug-likeness (QED) is 0.201. The van der Waals surface area contributed by atoms with Crippen molar-refractivity contribution >= 4 is 53.3 Å². The standard InChI is InChI=1S/C41H31N3S/c1-2-11-27(12-3-1)43-33-17-7-4-14-29(33)40-35(43)22-23-36-41(40)30-15-5-8-18-34(30)44(36)39-20-10-16-32(42-39)26-21-24-38-31(25-26)28-13-6-9-19-37(28)45-38/h1-15,17-21,24-25,32,39,42H,16,22-23H2. The van der Waals surface area contributed by atoms with Crippen molar-refractivity contribution in [3.05, 3.63) is 150 Å². The number of nitrogens with zero attached hydrogens (tertiary/aromatic N) is 2. The molecule has 0 amide bonds. The first kappa shape index (κ1) is 25.4. The van der Waals surface area contributed by atoms with Crippen LogP contribution in [0.4, 0.5) is 0 Å². The Bertz CT molecular complexity index is 2460. The first-order valence-electron chi connectivity index (χ1n) is 16.0. The number of hydrogen-bond donors (Lipinski definition) is 1. The lowest BCUT2D eigenvalue weighted by Gasteiger charge is -2.31. The van der Waals surface area contributed by atoms with Crippen molar-refractivity contribution in [1.29, 1.82) is 0 Å². The molecule has 1 aliphatic carbocycles. The third-order valence-corrected chi connectivity index (χ3v) is 11.1. The molecule has 0 fully saturated rings. The van der Waals surface area contributed by atoms with E-state index in [9.17, 15) is 0 Å². The van der Waals surface area contributed by atoms with Gasteiger partial charge in [0.25, 0.3) is 0 Å². The largest absolute Gasteiger partial charge is 0.324 e. The van der Waals surface area contributed by atoms with E-state index in [0.717, 1.165) is 19.3 Å². The van der Waals surface area contributed by atoms with Crippen LogP contribution in [0.2, 0.25) is 0 Å². The summed E-state index contributed by atoms with van der Waals surface area (Å²) < 4.78 is 7.82. The lowest BCUT2D eigenvalue weighted by Crippen LogP contribution is -2.32. The van der Waals surface area contributed by atoms with Crippen molar-refractivity contribution in [2.24, 2.45) is 0 Å². The Morgan fingerprint density at radius 1 is 0.600 bits per heavy atom. The second-order valence-electron chi connectivity index (χ2n) is 12.4. The summed E-state index contributed by atoms with van der Waals surface area (Å²) in [7, 11) is 0. The molecule has 1 N–H and O–H groups in total. The fourth-order valence-electron chi connectivity index (χ4n) is 8.10. The van der Waals surface area contributed by atoms with Gasteiger partial charge in [0.2, 0.25) is 0 Å². The van der Waals surface area contributed by atoms with Gasteiger partial charge >= 0.3 is 0 Å². The van der Waals surface area contributed by atoms with E-state index in [0.29, 0.717) is 0 Å². The Hall–Kier alpha value is -4.90. The molecule has 0 spiro atoms. The maximum absolute atomic E-state index is 4.09. The number of hydrogen-bond acceptors (Lipinski definition) is 2. The molecular formula is C41H31N3S. The highest BCUT2D eigenvalue weighted by Crippen LogP contribution is 2.48. The molecule has 0 bridgehead atoms. The number of fused-ring (bicyclic) bond motifs is 10. The molecule has 0 saturated carbocycles. The van der Waals surface area contributed by atoms with Gasteiger partial charge in [0.15, 0.2) is 0 Å². The van der Waals surface area contributed by atoms with E-state index in [1.54, 1.807) is 0 Å². The fourth-order valence-corrected chi connectivity index (χ4v) is 9.19. The second kappa shape index (κ2) is 9.80. The summed E-state index contributed by atoms with van der Waals surface area (Å²) >= 11 is 1.89. The maximum atomic E-state index is 4.09. The Kier molecular flexibility index (Phi) is 5.54. The Balaban J connectivity index is 1.13. The lowest BCUT2D eigenvalue weighted by atomic mass is 9.90. The normalized spacial score (nSPS) is 17.8. The number of thiophene rings is 1. The van der Waals surface area contributed by atoms with Gasteiger partial charge in [0, 0.05) is 65.2 Å². The minimum Gasteiger partial charge on any atom is -0.324 e. The van der Waals surface area contributed by atoms with Crippen molar-refractivity contribution in [3.63, 3.8) is 0 Å². The van der Waals surface area contributed by atoms with E-state index < -0.39 is 0 Å². The van der Waals surface area contributed by atoms with Crippen LogP contribution in [-0.2, 0) is 12.8 Å². The molecule has 2 aliphatic rings. The first-order valence-corrected chi connectivity index (χ1v) is 16.8. The summed E-state index contributed by atoms with van der Waals surface area (Å²) in [5.41, 5.74) is 10.8. The lowest BCUT2D eigenvalue weighted by molar-refractivity contribution is 0.393. The zero-order valence-corrected chi connectivity index (χ0v) is 25.6. The zero-order valence-electron chi connectivity index (χ0n) is 24.8. The van der Waals surface area contributed by atoms with Crippen molar-refractivity contribution in [3.8, 4) is 16.8 Å². The molecule has 45 heavy (non-hydrogen) atoms. The first-order chi connectivity index (χ1) is 22.3. The Labute approximate surface area is 265 Å². The molecule has 2 unspecified atom stereocenters. The van der Waals surface area contributed by atoms with E-state index in [1.165, 1.54) is 75.7 Å². The summed E-state index contributed by atoms with van der Waals surface area (Å²) in [6.45, 7) is 0. The molecule has 5 aromatic carbocycles. The molecule has 0 radical (unpaired) electrons. The van der Waals surface area contributed by atoms with Crippen LogP contribution in [0.3, 0.4) is 0 Å². The van der Waals surface area contributed by atoms with Crippen molar-refractivity contribution in [2.75, 3.05) is 0 Å². The van der Waals surface area contributed by atoms with E-state index in [1.807, 2.05) is 11.3 Å². The van der Waals surface area contributed by atoms with Crippen molar-refractivity contribution < 1.29 is 0 Å². The zero-order chi connectivity index (χ0) is 29.5. The average Bonchev–Trinajstić information content (AvgIpc) is 3.76. The minimum atomic E-state index is 0.0799. The predicted molar refractivity (Wildman–Crippen MR) is 190 cm³/mol. The summed E-state index contributed by atoms with van der Waals surface area (Å²) in [4.78, 5) is 0. The highest BCUT2D eigenvalue weighted by atomic mass is 32.1. The SMILES string of the molecule is C1=CC(n2c3c(c4ccccc42)-c2c(n(-c4ccccc4)c4ccccc24)CC3)NC(c2ccc3sc4ccccc4c3c2)C1. The Morgan fingerprint density at radius 2 is 1.27 bits per heavy atom. The van der Waals surface area contributed by atoms with E-state index in [4.69, 9.17) is 0 Å². The smallest absolute Gasteiger partial charge is 0.104 e. The van der Waals surface area contributed by atoms with Crippen LogP contribution in [0, 0.1) is 0 Å². The molecular weight excluding hydrogens is 567 g/mol. The molecule has 2 atom stereocenters. The predicted octanol–water partition coefficient (Wildman–Crippen LogP) is 10.5. The maximum Gasteiger partial charge on any atom is 0.104 e. The summed E-state index contributed by atoms with van der Waals surface area (Å²) in [5.74, 6) is 0. The highest BCUT2D eigenvalue weighted by molar-refractivity contribution is 7.25. The topological polar surface area (TPSA) is 21.9 Å². The second-order valence-corrected chi connectivity index (χ2v) is 13.5. The van der Waals surface area contributed by atoms with E-state index in [2.05, 4.69) is 148 Å². The van der Waals surface area contributed by atoms with Crippen LogP contribution in [0.5, 0.6) is 0 Å². The fraction of sp³-hybridized carbons (Fsp3) is 0.122. The van der Waals surface area contributed by atoms with Crippen LogP contribution in [0.25, 0.3) is 58.8 Å². The van der Waals surface area contributed by atoms with Crippen LogP contribution >= 0.6 is 11.3 Å². The molecule has 3 aromatic heterocycles. The molecule has 4 heterocycles. The number of nitrogens with one attached hydrogen (secondary N) is 1. The van der Waals surface area contributed by atoms with Crippen LogP contribution in [-0.4, -0.2) is 9.13 Å². The van der Waals surface area contributed by atoms with E-state index >= 15 is 0 Å². The van der Waals surface area contributed by atoms with Gasteiger partial charge in [-0.1, -0.05) is 91.0 Å². The van der Waals surface area contributed by atoms with Crippen molar-refractivity contribution in [2.45, 2.75) is 31.5 Å². The highest BCUT2D eigenvalue weighted by Gasteiger charge is 2.32. The van der Waals surface area contributed by atoms with Gasteiger partial charge in [-0.05, 0) is 67.3 Å². The number of rotatable bonds is 3. The van der Waals surface area contributed by atoms with Gasteiger partial charge < -0.3 is 9.13 Å². The minimum absolute atomic E-state index is 0.0799. The molecule has 8 aromatic rings. The molecule has 10 rings (SSSR count). The Morgan fingerprint density at radius 3 is 2.13 bits per heavy atom. The third kappa shape index (κ3) is 3.73. The van der Waals surface area contributed by atoms with Crippen LogP contribution in [0.1, 0.15) is 35.6 Å². The number of aromatic nitrogens is 2. The average molecular weight is 598 g/mol. The summed E-state index contributed by atoms with van der Waals surface area (Å²) in [6.07, 6.45) is 7.84.